The maximum atomic E-state index is 13.0. The summed E-state index contributed by atoms with van der Waals surface area (Å²) in [5.41, 5.74) is 4.17. The summed E-state index contributed by atoms with van der Waals surface area (Å²) in [6.45, 7) is 7.74. The van der Waals surface area contributed by atoms with Gasteiger partial charge in [-0.05, 0) is 49.7 Å². The summed E-state index contributed by atoms with van der Waals surface area (Å²) in [4.78, 5) is 16.7. The molecule has 1 fully saturated rings. The molecular weight excluding hydrogens is 317 g/mol. The van der Waals surface area contributed by atoms with Gasteiger partial charge in [-0.15, -0.1) is 0 Å². The highest BCUT2D eigenvalue weighted by atomic mass is 19.1. The molecule has 0 atom stereocenters. The van der Waals surface area contributed by atoms with Crippen LogP contribution in [0.2, 0.25) is 0 Å². The van der Waals surface area contributed by atoms with Gasteiger partial charge >= 0.3 is 0 Å². The number of amides is 1. The maximum absolute atomic E-state index is 13.0. The summed E-state index contributed by atoms with van der Waals surface area (Å²) in [6, 6.07) is 12.6. The van der Waals surface area contributed by atoms with Gasteiger partial charge in [0, 0.05) is 37.6 Å². The van der Waals surface area contributed by atoms with Gasteiger partial charge in [-0.1, -0.05) is 17.7 Å². The molecule has 1 amide bonds. The highest BCUT2D eigenvalue weighted by molar-refractivity contribution is 5.93. The van der Waals surface area contributed by atoms with Gasteiger partial charge in [-0.2, -0.15) is 0 Å². The third-order valence-electron chi connectivity index (χ3n) is 4.59. The van der Waals surface area contributed by atoms with Crippen LogP contribution in [0.3, 0.4) is 0 Å². The lowest BCUT2D eigenvalue weighted by Crippen LogP contribution is -2.48. The Balaban J connectivity index is 1.50. The number of halogens is 1. The molecule has 2 aromatic carbocycles. The molecule has 25 heavy (non-hydrogen) atoms. The minimum Gasteiger partial charge on any atom is -0.369 e. The molecule has 132 valence electrons. The van der Waals surface area contributed by atoms with E-state index in [2.05, 4.69) is 21.2 Å². The van der Waals surface area contributed by atoms with E-state index >= 15 is 0 Å². The Bertz CT molecular complexity index is 737. The predicted octanol–water partition coefficient (Wildman–Crippen LogP) is 3.20. The average Bonchev–Trinajstić information content (AvgIpc) is 2.59. The van der Waals surface area contributed by atoms with Crippen molar-refractivity contribution in [1.29, 1.82) is 0 Å². The third kappa shape index (κ3) is 4.57. The van der Waals surface area contributed by atoms with Crippen molar-refractivity contribution >= 4 is 17.3 Å². The van der Waals surface area contributed by atoms with Crippen molar-refractivity contribution in [2.24, 2.45) is 0 Å². The van der Waals surface area contributed by atoms with Crippen molar-refractivity contribution < 1.29 is 9.18 Å². The van der Waals surface area contributed by atoms with E-state index < -0.39 is 0 Å². The second-order valence-electron chi connectivity index (χ2n) is 6.61. The van der Waals surface area contributed by atoms with E-state index in [9.17, 15) is 9.18 Å². The molecule has 0 unspecified atom stereocenters. The van der Waals surface area contributed by atoms with Crippen molar-refractivity contribution in [3.63, 3.8) is 0 Å². The van der Waals surface area contributed by atoms with E-state index in [1.165, 1.54) is 17.7 Å². The van der Waals surface area contributed by atoms with Crippen LogP contribution in [-0.2, 0) is 4.79 Å². The number of anilines is 2. The second kappa shape index (κ2) is 7.66. The summed E-state index contributed by atoms with van der Waals surface area (Å²) in [7, 11) is 0. The average molecular weight is 341 g/mol. The van der Waals surface area contributed by atoms with E-state index in [1.54, 1.807) is 12.1 Å². The number of aryl methyl sites for hydroxylation is 2. The van der Waals surface area contributed by atoms with E-state index in [0.717, 1.165) is 43.1 Å². The Labute approximate surface area is 148 Å². The van der Waals surface area contributed by atoms with E-state index in [-0.39, 0.29) is 11.7 Å². The summed E-state index contributed by atoms with van der Waals surface area (Å²) in [5, 5.41) is 3.00. The van der Waals surface area contributed by atoms with Gasteiger partial charge in [-0.25, -0.2) is 4.39 Å². The van der Waals surface area contributed by atoms with Crippen molar-refractivity contribution in [3.05, 3.63) is 59.4 Å². The van der Waals surface area contributed by atoms with Crippen LogP contribution in [0.25, 0.3) is 0 Å². The van der Waals surface area contributed by atoms with Gasteiger partial charge in [-0.3, -0.25) is 9.69 Å². The number of piperazine rings is 1. The van der Waals surface area contributed by atoms with Crippen LogP contribution in [-0.4, -0.2) is 43.5 Å². The van der Waals surface area contributed by atoms with Crippen LogP contribution in [0.15, 0.2) is 42.5 Å². The summed E-state index contributed by atoms with van der Waals surface area (Å²) >= 11 is 0. The molecule has 1 aliphatic rings. The zero-order chi connectivity index (χ0) is 17.8. The fourth-order valence-electron chi connectivity index (χ4n) is 3.16. The van der Waals surface area contributed by atoms with Gasteiger partial charge < -0.3 is 10.2 Å². The first-order valence-electron chi connectivity index (χ1n) is 8.61. The van der Waals surface area contributed by atoms with Crippen LogP contribution in [0.4, 0.5) is 15.8 Å². The lowest BCUT2D eigenvalue weighted by molar-refractivity contribution is -0.117. The number of hydrogen-bond acceptors (Lipinski definition) is 3. The molecule has 0 radical (unpaired) electrons. The van der Waals surface area contributed by atoms with Crippen molar-refractivity contribution in [1.82, 2.24) is 4.90 Å². The Hall–Kier alpha value is -2.40. The SMILES string of the molecule is Cc1ccc(NC(=O)CN2CCN(c3ccc(F)cc3)CC2)c(C)c1. The van der Waals surface area contributed by atoms with E-state index in [1.807, 2.05) is 26.0 Å². The third-order valence-corrected chi connectivity index (χ3v) is 4.59. The van der Waals surface area contributed by atoms with Crippen molar-refractivity contribution in [2.75, 3.05) is 42.9 Å². The van der Waals surface area contributed by atoms with Gasteiger partial charge in [0.2, 0.25) is 5.91 Å². The Morgan fingerprint density at radius 3 is 2.36 bits per heavy atom. The van der Waals surface area contributed by atoms with Crippen molar-refractivity contribution in [3.8, 4) is 0 Å². The summed E-state index contributed by atoms with van der Waals surface area (Å²) in [6.07, 6.45) is 0. The first-order valence-corrected chi connectivity index (χ1v) is 8.61. The largest absolute Gasteiger partial charge is 0.369 e. The minimum atomic E-state index is -0.217. The van der Waals surface area contributed by atoms with Gasteiger partial charge in [0.15, 0.2) is 0 Å². The Kier molecular flexibility index (Phi) is 5.34. The number of hydrogen-bond donors (Lipinski definition) is 1. The fourth-order valence-corrected chi connectivity index (χ4v) is 3.16. The highest BCUT2D eigenvalue weighted by Gasteiger charge is 2.19. The minimum absolute atomic E-state index is 0.0159. The maximum Gasteiger partial charge on any atom is 0.238 e. The van der Waals surface area contributed by atoms with Crippen LogP contribution in [0.1, 0.15) is 11.1 Å². The molecule has 2 aromatic rings. The van der Waals surface area contributed by atoms with Gasteiger partial charge in [0.05, 0.1) is 6.54 Å². The molecule has 3 rings (SSSR count). The molecule has 0 aliphatic carbocycles. The lowest BCUT2D eigenvalue weighted by Gasteiger charge is -2.35. The number of nitrogens with zero attached hydrogens (tertiary/aromatic N) is 2. The molecule has 4 nitrogen and oxygen atoms in total. The van der Waals surface area contributed by atoms with E-state index in [4.69, 9.17) is 0 Å². The standard InChI is InChI=1S/C20H24FN3O/c1-15-3-8-19(16(2)13-15)22-20(25)14-23-9-11-24(12-10-23)18-6-4-17(21)5-7-18/h3-8,13H,9-12,14H2,1-2H3,(H,22,25). The number of carbonyl (C=O) groups excluding carboxylic acids is 1. The molecule has 1 aliphatic heterocycles. The monoisotopic (exact) mass is 341 g/mol. The van der Waals surface area contributed by atoms with E-state index in [0.29, 0.717) is 6.54 Å². The molecule has 0 aromatic heterocycles. The summed E-state index contributed by atoms with van der Waals surface area (Å²) < 4.78 is 13.0. The number of carbonyl (C=O) groups is 1. The smallest absolute Gasteiger partial charge is 0.238 e. The topological polar surface area (TPSA) is 35.6 Å². The quantitative estimate of drug-likeness (QED) is 0.928. The van der Waals surface area contributed by atoms with Gasteiger partial charge in [0.25, 0.3) is 0 Å². The zero-order valence-corrected chi connectivity index (χ0v) is 14.8. The predicted molar refractivity (Wildman–Crippen MR) is 99.6 cm³/mol. The second-order valence-corrected chi connectivity index (χ2v) is 6.61. The fraction of sp³-hybridized carbons (Fsp3) is 0.350. The Morgan fingerprint density at radius 2 is 1.72 bits per heavy atom. The molecule has 1 heterocycles. The first kappa shape index (κ1) is 17.4. The highest BCUT2D eigenvalue weighted by Crippen LogP contribution is 2.18. The molecule has 1 N–H and O–H groups in total. The Morgan fingerprint density at radius 1 is 1.04 bits per heavy atom. The van der Waals surface area contributed by atoms with Gasteiger partial charge in [0.1, 0.15) is 5.82 Å². The van der Waals surface area contributed by atoms with Crippen LogP contribution in [0, 0.1) is 19.7 Å². The first-order chi connectivity index (χ1) is 12.0. The van der Waals surface area contributed by atoms with Crippen LogP contribution < -0.4 is 10.2 Å². The van der Waals surface area contributed by atoms with Crippen molar-refractivity contribution in [2.45, 2.75) is 13.8 Å². The number of benzene rings is 2. The van der Waals surface area contributed by atoms with Crippen LogP contribution in [0.5, 0.6) is 0 Å². The van der Waals surface area contributed by atoms with Crippen LogP contribution >= 0.6 is 0 Å². The lowest BCUT2D eigenvalue weighted by atomic mass is 10.1. The number of nitrogens with one attached hydrogen (secondary N) is 1. The zero-order valence-electron chi connectivity index (χ0n) is 14.8. The molecule has 0 spiro atoms. The number of rotatable bonds is 4. The molecule has 5 heteroatoms. The molecule has 0 saturated carbocycles. The molecular formula is C20H24FN3O. The summed E-state index contributed by atoms with van der Waals surface area (Å²) in [5.74, 6) is -0.201. The molecule has 0 bridgehead atoms. The normalized spacial score (nSPS) is 15.2. The molecule has 1 saturated heterocycles.